The molecule has 0 bridgehead atoms. The lowest BCUT2D eigenvalue weighted by Crippen LogP contribution is -2.18. The predicted molar refractivity (Wildman–Crippen MR) is 83.7 cm³/mol. The number of hydrogen-bond acceptors (Lipinski definition) is 2. The van der Waals surface area contributed by atoms with Crippen LogP contribution in [0, 0.1) is 6.92 Å². The highest BCUT2D eigenvalue weighted by Crippen LogP contribution is 2.36. The monoisotopic (exact) mass is 343 g/mol. The molecule has 0 saturated carbocycles. The van der Waals surface area contributed by atoms with Crippen molar-refractivity contribution in [2.75, 3.05) is 7.05 Å². The summed E-state index contributed by atoms with van der Waals surface area (Å²) in [7, 11) is 1.99. The standard InChI is InChI=1S/C14H15BrClNS/c1-9-5-3-4-6-10(9)7-12(17-2)13-8-11(16)14(15)18-13/h3-6,8,12,17H,7H2,1-2H3. The van der Waals surface area contributed by atoms with E-state index in [2.05, 4.69) is 52.4 Å². The second kappa shape index (κ2) is 6.20. The summed E-state index contributed by atoms with van der Waals surface area (Å²) in [6.45, 7) is 2.15. The van der Waals surface area contributed by atoms with E-state index in [0.717, 1.165) is 15.2 Å². The third kappa shape index (κ3) is 3.15. The summed E-state index contributed by atoms with van der Waals surface area (Å²) in [4.78, 5) is 1.26. The van der Waals surface area contributed by atoms with Gasteiger partial charge in [0.25, 0.3) is 0 Å². The van der Waals surface area contributed by atoms with E-state index in [1.165, 1.54) is 16.0 Å². The summed E-state index contributed by atoms with van der Waals surface area (Å²) >= 11 is 11.3. The van der Waals surface area contributed by atoms with Crippen molar-refractivity contribution in [3.63, 3.8) is 0 Å². The Hall–Kier alpha value is -0.350. The lowest BCUT2D eigenvalue weighted by Gasteiger charge is -2.16. The highest BCUT2D eigenvalue weighted by molar-refractivity contribution is 9.11. The molecular weight excluding hydrogens is 330 g/mol. The number of benzene rings is 1. The Morgan fingerprint density at radius 3 is 2.67 bits per heavy atom. The minimum absolute atomic E-state index is 0.305. The lowest BCUT2D eigenvalue weighted by atomic mass is 10.0. The Bertz CT molecular complexity index is 519. The highest BCUT2D eigenvalue weighted by Gasteiger charge is 2.15. The topological polar surface area (TPSA) is 12.0 Å². The zero-order valence-corrected chi connectivity index (χ0v) is 13.5. The summed E-state index contributed by atoms with van der Waals surface area (Å²) < 4.78 is 1.00. The van der Waals surface area contributed by atoms with Gasteiger partial charge in [-0.1, -0.05) is 35.9 Å². The summed E-state index contributed by atoms with van der Waals surface area (Å²) in [5.74, 6) is 0. The van der Waals surface area contributed by atoms with Crippen molar-refractivity contribution >= 4 is 38.9 Å². The van der Waals surface area contributed by atoms with Crippen LogP contribution in [0.4, 0.5) is 0 Å². The number of thiophene rings is 1. The molecule has 1 nitrogen and oxygen atoms in total. The summed E-state index contributed by atoms with van der Waals surface area (Å²) in [5.41, 5.74) is 2.71. The fourth-order valence-electron chi connectivity index (χ4n) is 1.94. The van der Waals surface area contributed by atoms with Gasteiger partial charge in [-0.2, -0.15) is 0 Å². The molecule has 4 heteroatoms. The second-order valence-corrected chi connectivity index (χ2v) is 7.05. The molecule has 2 aromatic rings. The summed E-state index contributed by atoms with van der Waals surface area (Å²) in [6, 6.07) is 10.8. The normalized spacial score (nSPS) is 12.7. The van der Waals surface area contributed by atoms with Crippen LogP contribution in [0.3, 0.4) is 0 Å². The number of aryl methyl sites for hydroxylation is 1. The smallest absolute Gasteiger partial charge is 0.0887 e. The van der Waals surface area contributed by atoms with E-state index in [9.17, 15) is 0 Å². The Kier molecular flexibility index (Phi) is 4.84. The molecule has 0 saturated heterocycles. The molecule has 0 fully saturated rings. The van der Waals surface area contributed by atoms with E-state index in [1.807, 2.05) is 13.1 Å². The fourth-order valence-corrected chi connectivity index (χ4v) is 3.80. The quantitative estimate of drug-likeness (QED) is 0.825. The van der Waals surface area contributed by atoms with Gasteiger partial charge in [0.05, 0.1) is 8.81 Å². The van der Waals surface area contributed by atoms with Gasteiger partial charge in [-0.3, -0.25) is 0 Å². The summed E-state index contributed by atoms with van der Waals surface area (Å²) in [5, 5.41) is 4.16. The zero-order chi connectivity index (χ0) is 13.1. The van der Waals surface area contributed by atoms with Gasteiger partial charge in [0.15, 0.2) is 0 Å². The maximum absolute atomic E-state index is 6.10. The molecule has 96 valence electrons. The van der Waals surface area contributed by atoms with Gasteiger partial charge in [-0.15, -0.1) is 11.3 Å². The number of likely N-dealkylation sites (N-methyl/N-ethyl adjacent to an activating group) is 1. The van der Waals surface area contributed by atoms with Gasteiger partial charge in [0, 0.05) is 10.9 Å². The van der Waals surface area contributed by atoms with Crippen molar-refractivity contribution in [1.29, 1.82) is 0 Å². The first-order chi connectivity index (χ1) is 8.61. The van der Waals surface area contributed by atoms with Crippen LogP contribution in [0.25, 0.3) is 0 Å². The summed E-state index contributed by atoms with van der Waals surface area (Å²) in [6.07, 6.45) is 0.979. The van der Waals surface area contributed by atoms with Gasteiger partial charge in [0.2, 0.25) is 0 Å². The van der Waals surface area contributed by atoms with Crippen LogP contribution >= 0.6 is 38.9 Å². The maximum atomic E-state index is 6.10. The van der Waals surface area contributed by atoms with Crippen molar-refractivity contribution in [2.45, 2.75) is 19.4 Å². The second-order valence-electron chi connectivity index (χ2n) is 4.24. The number of nitrogens with one attached hydrogen (secondary N) is 1. The highest BCUT2D eigenvalue weighted by atomic mass is 79.9. The number of halogens is 2. The van der Waals surface area contributed by atoms with Gasteiger partial charge in [-0.05, 0) is 53.5 Å². The van der Waals surface area contributed by atoms with Gasteiger partial charge in [0.1, 0.15) is 0 Å². The van der Waals surface area contributed by atoms with Gasteiger partial charge >= 0.3 is 0 Å². The van der Waals surface area contributed by atoms with E-state index in [4.69, 9.17) is 11.6 Å². The van der Waals surface area contributed by atoms with E-state index >= 15 is 0 Å². The van der Waals surface area contributed by atoms with Crippen molar-refractivity contribution in [3.05, 3.63) is 55.1 Å². The molecule has 2 rings (SSSR count). The first-order valence-corrected chi connectivity index (χ1v) is 7.77. The molecule has 0 aliphatic rings. The van der Waals surface area contributed by atoms with Crippen molar-refractivity contribution < 1.29 is 0 Å². The molecule has 1 N–H and O–H groups in total. The van der Waals surface area contributed by atoms with Crippen molar-refractivity contribution in [1.82, 2.24) is 5.32 Å². The largest absolute Gasteiger partial charge is 0.312 e. The van der Waals surface area contributed by atoms with E-state index in [0.29, 0.717) is 6.04 Å². The van der Waals surface area contributed by atoms with Crippen LogP contribution < -0.4 is 5.32 Å². The fraction of sp³-hybridized carbons (Fsp3) is 0.286. The van der Waals surface area contributed by atoms with Crippen LogP contribution in [0.15, 0.2) is 34.1 Å². The maximum Gasteiger partial charge on any atom is 0.0887 e. The zero-order valence-electron chi connectivity index (χ0n) is 10.3. The SMILES string of the molecule is CNC(Cc1ccccc1C)c1cc(Cl)c(Br)s1. The van der Waals surface area contributed by atoms with Crippen molar-refractivity contribution in [2.24, 2.45) is 0 Å². The van der Waals surface area contributed by atoms with E-state index in [-0.39, 0.29) is 0 Å². The van der Waals surface area contributed by atoms with Crippen LogP contribution in [-0.2, 0) is 6.42 Å². The first kappa shape index (κ1) is 14.1. The number of rotatable bonds is 4. The molecule has 0 amide bonds. The molecule has 0 aliphatic heterocycles. The molecule has 1 unspecified atom stereocenters. The third-order valence-corrected chi connectivity index (χ3v) is 5.63. The Morgan fingerprint density at radius 1 is 1.39 bits per heavy atom. The van der Waals surface area contributed by atoms with Crippen LogP contribution in [-0.4, -0.2) is 7.05 Å². The molecule has 0 radical (unpaired) electrons. The van der Waals surface area contributed by atoms with Crippen molar-refractivity contribution in [3.8, 4) is 0 Å². The molecule has 1 atom stereocenters. The predicted octanol–water partition coefficient (Wildman–Crippen LogP) is 4.98. The Labute approximate surface area is 125 Å². The molecule has 1 aromatic carbocycles. The minimum atomic E-state index is 0.305. The molecular formula is C14H15BrClNS. The molecule has 18 heavy (non-hydrogen) atoms. The van der Waals surface area contributed by atoms with Gasteiger partial charge < -0.3 is 5.32 Å². The average molecular weight is 345 g/mol. The van der Waals surface area contributed by atoms with Crippen LogP contribution in [0.5, 0.6) is 0 Å². The molecule has 0 spiro atoms. The average Bonchev–Trinajstić information content (AvgIpc) is 2.68. The molecule has 0 aliphatic carbocycles. The Balaban J connectivity index is 2.22. The number of hydrogen-bond donors (Lipinski definition) is 1. The molecule has 1 aromatic heterocycles. The van der Waals surface area contributed by atoms with E-state index in [1.54, 1.807) is 11.3 Å². The van der Waals surface area contributed by atoms with Gasteiger partial charge in [-0.25, -0.2) is 0 Å². The minimum Gasteiger partial charge on any atom is -0.312 e. The van der Waals surface area contributed by atoms with Crippen LogP contribution in [0.1, 0.15) is 22.0 Å². The first-order valence-electron chi connectivity index (χ1n) is 5.78. The van der Waals surface area contributed by atoms with E-state index < -0.39 is 0 Å². The van der Waals surface area contributed by atoms with Crippen LogP contribution in [0.2, 0.25) is 5.02 Å². The third-order valence-electron chi connectivity index (χ3n) is 3.04. The lowest BCUT2D eigenvalue weighted by molar-refractivity contribution is 0.600. The Morgan fingerprint density at radius 2 is 2.11 bits per heavy atom. The molecule has 1 heterocycles.